The van der Waals surface area contributed by atoms with Crippen molar-refractivity contribution in [1.29, 1.82) is 0 Å². The van der Waals surface area contributed by atoms with Crippen LogP contribution in [-0.2, 0) is 0 Å². The Morgan fingerprint density at radius 2 is 2.12 bits per heavy atom. The number of halogens is 1. The van der Waals surface area contributed by atoms with E-state index < -0.39 is 5.97 Å². The Morgan fingerprint density at radius 1 is 1.29 bits per heavy atom. The molecule has 2 rings (SSSR count). The summed E-state index contributed by atoms with van der Waals surface area (Å²) >= 11 is 2.17. The zero-order valence-corrected chi connectivity index (χ0v) is 10.8. The van der Waals surface area contributed by atoms with E-state index in [1.807, 2.05) is 18.2 Å². The first-order chi connectivity index (χ1) is 8.15. The molecule has 0 aliphatic rings. The van der Waals surface area contributed by atoms with Gasteiger partial charge in [-0.15, -0.1) is 0 Å². The molecule has 0 amide bonds. The van der Waals surface area contributed by atoms with Gasteiger partial charge in [0.25, 0.3) is 0 Å². The number of carboxylic acid groups (broad SMARTS) is 1. The van der Waals surface area contributed by atoms with Crippen molar-refractivity contribution in [3.63, 3.8) is 0 Å². The maximum atomic E-state index is 10.8. The molecule has 0 fully saturated rings. The van der Waals surface area contributed by atoms with Crippen LogP contribution in [0.5, 0.6) is 11.6 Å². The maximum Gasteiger partial charge on any atom is 0.335 e. The molecule has 1 heterocycles. The molecule has 0 spiro atoms. The highest BCUT2D eigenvalue weighted by molar-refractivity contribution is 14.1. The van der Waals surface area contributed by atoms with Gasteiger partial charge in [-0.1, -0.05) is 6.07 Å². The third kappa shape index (κ3) is 3.16. The third-order valence-electron chi connectivity index (χ3n) is 2.00. The van der Waals surface area contributed by atoms with Gasteiger partial charge in [0.2, 0.25) is 5.88 Å². The van der Waals surface area contributed by atoms with Gasteiger partial charge in [-0.3, -0.25) is 0 Å². The predicted octanol–water partition coefficient (Wildman–Crippen LogP) is 3.18. The number of hydrogen-bond donors (Lipinski definition) is 1. The second-order valence-electron chi connectivity index (χ2n) is 3.25. The van der Waals surface area contributed by atoms with Crippen molar-refractivity contribution >= 4 is 28.6 Å². The Kier molecular flexibility index (Phi) is 3.58. The monoisotopic (exact) mass is 341 g/mol. The zero-order valence-electron chi connectivity index (χ0n) is 8.63. The quantitative estimate of drug-likeness (QED) is 0.872. The lowest BCUT2D eigenvalue weighted by Gasteiger charge is -2.05. The molecule has 5 heteroatoms. The van der Waals surface area contributed by atoms with Crippen LogP contribution >= 0.6 is 22.6 Å². The first-order valence-corrected chi connectivity index (χ1v) is 5.86. The largest absolute Gasteiger partial charge is 0.478 e. The highest BCUT2D eigenvalue weighted by Gasteiger charge is 2.05. The van der Waals surface area contributed by atoms with E-state index in [1.54, 1.807) is 6.07 Å². The van der Waals surface area contributed by atoms with E-state index in [1.165, 1.54) is 18.3 Å². The van der Waals surface area contributed by atoms with Crippen molar-refractivity contribution in [2.24, 2.45) is 0 Å². The molecule has 0 saturated carbocycles. The molecule has 0 radical (unpaired) electrons. The van der Waals surface area contributed by atoms with E-state index in [9.17, 15) is 4.79 Å². The fourth-order valence-electron chi connectivity index (χ4n) is 1.25. The number of nitrogens with zero attached hydrogens (tertiary/aromatic N) is 1. The fourth-order valence-corrected chi connectivity index (χ4v) is 1.76. The molecule has 17 heavy (non-hydrogen) atoms. The normalized spacial score (nSPS) is 9.94. The first kappa shape index (κ1) is 11.8. The minimum atomic E-state index is -1.00. The topological polar surface area (TPSA) is 59.4 Å². The smallest absolute Gasteiger partial charge is 0.335 e. The van der Waals surface area contributed by atoms with Crippen LogP contribution in [0.1, 0.15) is 10.4 Å². The van der Waals surface area contributed by atoms with Crippen LogP contribution < -0.4 is 4.74 Å². The summed E-state index contributed by atoms with van der Waals surface area (Å²) in [4.78, 5) is 14.7. The summed E-state index contributed by atoms with van der Waals surface area (Å²) in [5.74, 6) is -0.0984. The van der Waals surface area contributed by atoms with Crippen molar-refractivity contribution in [1.82, 2.24) is 4.98 Å². The summed E-state index contributed by atoms with van der Waals surface area (Å²) in [6, 6.07) is 10.2. The predicted molar refractivity (Wildman–Crippen MR) is 70.4 cm³/mol. The van der Waals surface area contributed by atoms with Gasteiger partial charge >= 0.3 is 5.97 Å². The Balaban J connectivity index is 2.24. The number of ether oxygens (including phenoxy) is 1. The summed E-state index contributed by atoms with van der Waals surface area (Å²) in [6.07, 6.45) is 1.41. The number of carbonyl (C=O) groups is 1. The summed E-state index contributed by atoms with van der Waals surface area (Å²) < 4.78 is 6.51. The molecule has 4 nitrogen and oxygen atoms in total. The molecule has 1 aromatic heterocycles. The molecule has 1 aromatic carbocycles. The minimum Gasteiger partial charge on any atom is -0.478 e. The maximum absolute atomic E-state index is 10.8. The average molecular weight is 341 g/mol. The van der Waals surface area contributed by atoms with Crippen molar-refractivity contribution in [2.45, 2.75) is 0 Å². The SMILES string of the molecule is O=C(O)c1ccnc(Oc2cccc(I)c2)c1. The van der Waals surface area contributed by atoms with Gasteiger partial charge < -0.3 is 9.84 Å². The van der Waals surface area contributed by atoms with Gasteiger partial charge in [0.1, 0.15) is 5.75 Å². The summed E-state index contributed by atoms with van der Waals surface area (Å²) in [6.45, 7) is 0. The van der Waals surface area contributed by atoms with Crippen LogP contribution in [0, 0.1) is 3.57 Å². The lowest BCUT2D eigenvalue weighted by molar-refractivity contribution is 0.0696. The number of rotatable bonds is 3. The van der Waals surface area contributed by atoms with Gasteiger partial charge in [-0.2, -0.15) is 0 Å². The molecular weight excluding hydrogens is 333 g/mol. The van der Waals surface area contributed by atoms with Gasteiger partial charge in [0.05, 0.1) is 5.56 Å². The lowest BCUT2D eigenvalue weighted by Crippen LogP contribution is -1.97. The zero-order chi connectivity index (χ0) is 12.3. The van der Waals surface area contributed by atoms with Gasteiger partial charge in [-0.05, 0) is 46.9 Å². The number of pyridine rings is 1. The van der Waals surface area contributed by atoms with Crippen LogP contribution in [0.15, 0.2) is 42.6 Å². The van der Waals surface area contributed by atoms with E-state index in [4.69, 9.17) is 9.84 Å². The number of benzene rings is 1. The molecule has 0 unspecified atom stereocenters. The van der Waals surface area contributed by atoms with Crippen molar-refractivity contribution < 1.29 is 14.6 Å². The Hall–Kier alpha value is -1.63. The lowest BCUT2D eigenvalue weighted by atomic mass is 10.3. The fraction of sp³-hybridized carbons (Fsp3) is 0. The van der Waals surface area contributed by atoms with Crippen molar-refractivity contribution in [3.8, 4) is 11.6 Å². The molecule has 1 N–H and O–H groups in total. The van der Waals surface area contributed by atoms with Crippen LogP contribution in [0.2, 0.25) is 0 Å². The van der Waals surface area contributed by atoms with Crippen LogP contribution in [0.3, 0.4) is 0 Å². The van der Waals surface area contributed by atoms with Crippen LogP contribution in [0.4, 0.5) is 0 Å². The number of hydrogen-bond acceptors (Lipinski definition) is 3. The van der Waals surface area contributed by atoms with E-state index >= 15 is 0 Å². The standard InChI is InChI=1S/C12H8INO3/c13-9-2-1-3-10(7-9)17-11-6-8(12(15)16)4-5-14-11/h1-7H,(H,15,16). The van der Waals surface area contributed by atoms with E-state index in [-0.39, 0.29) is 11.4 Å². The van der Waals surface area contributed by atoms with Crippen molar-refractivity contribution in [2.75, 3.05) is 0 Å². The summed E-state index contributed by atoms with van der Waals surface area (Å²) in [7, 11) is 0. The van der Waals surface area contributed by atoms with E-state index in [0.29, 0.717) is 5.75 Å². The molecule has 0 bridgehead atoms. The van der Waals surface area contributed by atoms with Gasteiger partial charge in [-0.25, -0.2) is 9.78 Å². The summed E-state index contributed by atoms with van der Waals surface area (Å²) in [5, 5.41) is 8.83. The van der Waals surface area contributed by atoms with E-state index in [0.717, 1.165) is 3.57 Å². The molecule has 0 aliphatic heterocycles. The first-order valence-electron chi connectivity index (χ1n) is 4.78. The van der Waals surface area contributed by atoms with Crippen LogP contribution in [-0.4, -0.2) is 16.1 Å². The summed E-state index contributed by atoms with van der Waals surface area (Å²) in [5.41, 5.74) is 0.153. The molecule has 0 aliphatic carbocycles. The average Bonchev–Trinajstić information content (AvgIpc) is 2.29. The highest BCUT2D eigenvalue weighted by Crippen LogP contribution is 2.21. The van der Waals surface area contributed by atoms with Gasteiger partial charge in [0, 0.05) is 15.8 Å². The Bertz CT molecular complexity index is 557. The van der Waals surface area contributed by atoms with Crippen LogP contribution in [0.25, 0.3) is 0 Å². The number of carboxylic acids is 1. The molecular formula is C12H8INO3. The van der Waals surface area contributed by atoms with Gasteiger partial charge in [0.15, 0.2) is 0 Å². The Labute approximate surface area is 111 Å². The second kappa shape index (κ2) is 5.13. The van der Waals surface area contributed by atoms with Crippen molar-refractivity contribution in [3.05, 3.63) is 51.7 Å². The highest BCUT2D eigenvalue weighted by atomic mass is 127. The molecule has 86 valence electrons. The van der Waals surface area contributed by atoms with E-state index in [2.05, 4.69) is 27.6 Å². The third-order valence-corrected chi connectivity index (χ3v) is 2.67. The minimum absolute atomic E-state index is 0.153. The number of aromatic carboxylic acids is 1. The Morgan fingerprint density at radius 3 is 2.82 bits per heavy atom. The number of aromatic nitrogens is 1. The molecule has 0 atom stereocenters. The molecule has 2 aromatic rings. The molecule has 0 saturated heterocycles. The second-order valence-corrected chi connectivity index (χ2v) is 4.49.